The first-order valence-corrected chi connectivity index (χ1v) is 7.68. The van der Waals surface area contributed by atoms with Gasteiger partial charge in [0.2, 0.25) is 0 Å². The number of aromatic nitrogens is 2. The summed E-state index contributed by atoms with van der Waals surface area (Å²) in [7, 11) is -3.68. The molecule has 0 aliphatic rings. The average Bonchev–Trinajstić information content (AvgIpc) is 2.80. The van der Waals surface area contributed by atoms with E-state index in [-0.39, 0.29) is 4.90 Å². The lowest BCUT2D eigenvalue weighted by Gasteiger charge is -2.13. The first kappa shape index (κ1) is 14.4. The number of hydrogen-bond acceptors (Lipinski definition) is 4. The zero-order chi connectivity index (χ0) is 14.8. The summed E-state index contributed by atoms with van der Waals surface area (Å²) in [4.78, 5) is 0.125. The molecule has 2 aromatic rings. The number of anilines is 1. The first-order chi connectivity index (χ1) is 9.44. The van der Waals surface area contributed by atoms with E-state index < -0.39 is 10.0 Å². The van der Waals surface area contributed by atoms with E-state index >= 15 is 0 Å². The predicted octanol–water partition coefficient (Wildman–Crippen LogP) is 2.23. The molecule has 2 rings (SSSR count). The van der Waals surface area contributed by atoms with Gasteiger partial charge in [0.05, 0.1) is 24.2 Å². The minimum absolute atomic E-state index is 0.125. The molecule has 0 atom stereocenters. The van der Waals surface area contributed by atoms with E-state index in [1.54, 1.807) is 19.1 Å². The quantitative estimate of drug-likeness (QED) is 0.886. The van der Waals surface area contributed by atoms with Crippen molar-refractivity contribution in [1.29, 1.82) is 0 Å². The van der Waals surface area contributed by atoms with Crippen LogP contribution < -0.4 is 9.46 Å². The molecule has 0 saturated carbocycles. The molecule has 6 nitrogen and oxygen atoms in total. The Bertz CT molecular complexity index is 707. The van der Waals surface area contributed by atoms with Crippen molar-refractivity contribution in [3.63, 3.8) is 0 Å². The largest absolute Gasteiger partial charge is 0.492 e. The van der Waals surface area contributed by atoms with Gasteiger partial charge in [0.15, 0.2) is 0 Å². The molecule has 1 heterocycles. The Morgan fingerprint density at radius 1 is 1.35 bits per heavy atom. The van der Waals surface area contributed by atoms with Crippen LogP contribution in [0.1, 0.15) is 18.2 Å². The lowest BCUT2D eigenvalue weighted by molar-refractivity contribution is 0.342. The Balaban J connectivity index is 2.37. The number of sulfonamides is 1. The second-order valence-electron chi connectivity index (χ2n) is 4.40. The average molecular weight is 295 g/mol. The van der Waals surface area contributed by atoms with Gasteiger partial charge in [0.25, 0.3) is 10.0 Å². The van der Waals surface area contributed by atoms with Gasteiger partial charge in [-0.25, -0.2) is 8.42 Å². The van der Waals surface area contributed by atoms with Crippen molar-refractivity contribution < 1.29 is 13.2 Å². The van der Waals surface area contributed by atoms with Gasteiger partial charge in [-0.1, -0.05) is 6.07 Å². The Hall–Kier alpha value is -2.02. The summed E-state index contributed by atoms with van der Waals surface area (Å²) in [6, 6.07) is 5.31. The minimum atomic E-state index is -3.68. The van der Waals surface area contributed by atoms with E-state index in [9.17, 15) is 8.42 Å². The highest BCUT2D eigenvalue weighted by Crippen LogP contribution is 2.28. The molecule has 20 heavy (non-hydrogen) atoms. The van der Waals surface area contributed by atoms with Crippen LogP contribution in [-0.4, -0.2) is 25.2 Å². The number of hydrogen-bond donors (Lipinski definition) is 2. The third-order valence-corrected chi connectivity index (χ3v) is 4.23. The second kappa shape index (κ2) is 5.54. The fourth-order valence-electron chi connectivity index (χ4n) is 1.80. The molecule has 0 radical (unpaired) electrons. The molecule has 0 amide bonds. The summed E-state index contributed by atoms with van der Waals surface area (Å²) in [6.45, 7) is 5.88. The fourth-order valence-corrected chi connectivity index (χ4v) is 3.01. The van der Waals surface area contributed by atoms with Gasteiger partial charge in [-0.05, 0) is 38.5 Å². The van der Waals surface area contributed by atoms with Crippen molar-refractivity contribution in [3.05, 3.63) is 35.7 Å². The van der Waals surface area contributed by atoms with Gasteiger partial charge in [-0.3, -0.25) is 9.82 Å². The molecule has 0 aliphatic carbocycles. The molecule has 0 fully saturated rings. The lowest BCUT2D eigenvalue weighted by atomic mass is 10.2. The van der Waals surface area contributed by atoms with Crippen LogP contribution in [0.2, 0.25) is 0 Å². The summed E-state index contributed by atoms with van der Waals surface area (Å²) in [5.41, 5.74) is 1.90. The molecule has 0 spiro atoms. The van der Waals surface area contributed by atoms with Gasteiger partial charge < -0.3 is 4.74 Å². The minimum Gasteiger partial charge on any atom is -0.492 e. The maximum Gasteiger partial charge on any atom is 0.265 e. The molecule has 1 aromatic heterocycles. The van der Waals surface area contributed by atoms with Crippen LogP contribution in [0.15, 0.2) is 29.3 Å². The second-order valence-corrected chi connectivity index (χ2v) is 6.05. The molecule has 1 aromatic carbocycles. The summed E-state index contributed by atoms with van der Waals surface area (Å²) >= 11 is 0. The molecular formula is C13H17N3O3S. The van der Waals surface area contributed by atoms with Crippen LogP contribution in [0, 0.1) is 13.8 Å². The van der Waals surface area contributed by atoms with Crippen LogP contribution >= 0.6 is 0 Å². The smallest absolute Gasteiger partial charge is 0.265 e. The highest BCUT2D eigenvalue weighted by atomic mass is 32.2. The van der Waals surface area contributed by atoms with E-state index in [1.807, 2.05) is 19.9 Å². The summed E-state index contributed by atoms with van der Waals surface area (Å²) in [6.07, 6.45) is 1.28. The summed E-state index contributed by atoms with van der Waals surface area (Å²) in [5.74, 6) is 0.511. The maximum atomic E-state index is 12.3. The first-order valence-electron chi connectivity index (χ1n) is 6.20. The molecule has 0 bridgehead atoms. The zero-order valence-corrected chi connectivity index (χ0v) is 12.4. The molecule has 0 aliphatic heterocycles. The fraction of sp³-hybridized carbons (Fsp3) is 0.308. The van der Waals surface area contributed by atoms with Crippen molar-refractivity contribution in [3.8, 4) is 5.75 Å². The summed E-state index contributed by atoms with van der Waals surface area (Å²) < 4.78 is 32.6. The van der Waals surface area contributed by atoms with Crippen molar-refractivity contribution in [1.82, 2.24) is 10.2 Å². The number of benzene rings is 1. The topological polar surface area (TPSA) is 84.1 Å². The van der Waals surface area contributed by atoms with Crippen molar-refractivity contribution in [2.24, 2.45) is 0 Å². The van der Waals surface area contributed by atoms with E-state index in [0.29, 0.717) is 23.7 Å². The molecule has 2 N–H and O–H groups in total. The number of aromatic amines is 1. The SMILES string of the molecule is CCOc1cc(C)ccc1NS(=O)(=O)c1cn[nH]c1C. The number of rotatable bonds is 5. The van der Waals surface area contributed by atoms with Gasteiger partial charge in [0.1, 0.15) is 10.6 Å². The lowest BCUT2D eigenvalue weighted by Crippen LogP contribution is -2.14. The zero-order valence-electron chi connectivity index (χ0n) is 11.6. The predicted molar refractivity (Wildman–Crippen MR) is 76.5 cm³/mol. The third kappa shape index (κ3) is 2.93. The van der Waals surface area contributed by atoms with Gasteiger partial charge in [0, 0.05) is 0 Å². The van der Waals surface area contributed by atoms with Gasteiger partial charge >= 0.3 is 0 Å². The normalized spacial score (nSPS) is 11.3. The highest BCUT2D eigenvalue weighted by molar-refractivity contribution is 7.92. The van der Waals surface area contributed by atoms with Gasteiger partial charge in [-0.15, -0.1) is 0 Å². The van der Waals surface area contributed by atoms with E-state index in [1.165, 1.54) is 6.20 Å². The number of H-pyrrole nitrogens is 1. The van der Waals surface area contributed by atoms with Gasteiger partial charge in [-0.2, -0.15) is 5.10 Å². The van der Waals surface area contributed by atoms with E-state index in [4.69, 9.17) is 4.74 Å². The van der Waals surface area contributed by atoms with Crippen LogP contribution in [0.25, 0.3) is 0 Å². The molecular weight excluding hydrogens is 278 g/mol. The molecule has 108 valence electrons. The number of nitrogens with zero attached hydrogens (tertiary/aromatic N) is 1. The number of nitrogens with one attached hydrogen (secondary N) is 2. The van der Waals surface area contributed by atoms with Crippen molar-refractivity contribution in [2.45, 2.75) is 25.7 Å². The van der Waals surface area contributed by atoms with Crippen LogP contribution in [-0.2, 0) is 10.0 Å². The van der Waals surface area contributed by atoms with Crippen molar-refractivity contribution >= 4 is 15.7 Å². The Morgan fingerprint density at radius 2 is 2.10 bits per heavy atom. The molecule has 0 unspecified atom stereocenters. The van der Waals surface area contributed by atoms with Crippen LogP contribution in [0.4, 0.5) is 5.69 Å². The van der Waals surface area contributed by atoms with Crippen LogP contribution in [0.5, 0.6) is 5.75 Å². The molecule has 0 saturated heterocycles. The Kier molecular flexibility index (Phi) is 3.99. The van der Waals surface area contributed by atoms with E-state index in [0.717, 1.165) is 5.56 Å². The maximum absolute atomic E-state index is 12.3. The number of aryl methyl sites for hydroxylation is 2. The monoisotopic (exact) mass is 295 g/mol. The summed E-state index contributed by atoms with van der Waals surface area (Å²) in [5, 5.41) is 6.34. The Morgan fingerprint density at radius 3 is 2.70 bits per heavy atom. The Labute approximate surface area is 118 Å². The number of ether oxygens (including phenoxy) is 1. The highest BCUT2D eigenvalue weighted by Gasteiger charge is 2.20. The van der Waals surface area contributed by atoms with Crippen LogP contribution in [0.3, 0.4) is 0 Å². The molecule has 7 heteroatoms. The van der Waals surface area contributed by atoms with Crippen molar-refractivity contribution in [2.75, 3.05) is 11.3 Å². The third-order valence-electron chi connectivity index (χ3n) is 2.75. The standard InChI is InChI=1S/C13H17N3O3S/c1-4-19-12-7-9(2)5-6-11(12)16-20(17,18)13-8-14-15-10(13)3/h5-8,16H,4H2,1-3H3,(H,14,15). The van der Waals surface area contributed by atoms with E-state index in [2.05, 4.69) is 14.9 Å².